The van der Waals surface area contributed by atoms with Crippen molar-refractivity contribution in [1.29, 1.82) is 0 Å². The Labute approximate surface area is 204 Å². The van der Waals surface area contributed by atoms with Crippen LogP contribution in [0.1, 0.15) is 40.3 Å². The number of rotatable bonds is 6. The molecule has 0 saturated carbocycles. The third-order valence-corrected chi connectivity index (χ3v) is 5.74. The number of aromatic carboxylic acids is 1. The molecule has 1 unspecified atom stereocenters. The zero-order chi connectivity index (χ0) is 25.6. The zero-order valence-electron chi connectivity index (χ0n) is 19.4. The highest BCUT2D eigenvalue weighted by molar-refractivity contribution is 6.29. The first-order valence-corrected chi connectivity index (χ1v) is 10.9. The maximum Gasteiger partial charge on any atom is 0.358 e. The number of nitrogens with one attached hydrogen (secondary N) is 1. The Morgan fingerprint density at radius 1 is 1.31 bits per heavy atom. The highest BCUT2D eigenvalue weighted by Gasteiger charge is 2.23. The molecule has 0 aliphatic heterocycles. The number of aromatic nitrogens is 4. The minimum atomic E-state index is -1.22. The second-order valence-corrected chi connectivity index (χ2v) is 8.55. The molecule has 0 aliphatic rings. The van der Waals surface area contributed by atoms with E-state index in [1.165, 1.54) is 25.0 Å². The van der Waals surface area contributed by atoms with Gasteiger partial charge in [0.05, 0.1) is 22.6 Å². The van der Waals surface area contributed by atoms with Crippen LogP contribution < -0.4 is 22.5 Å². The number of hydrazine groups is 1. The Kier molecular flexibility index (Phi) is 6.09. The molecule has 6 N–H and O–H groups in total. The highest BCUT2D eigenvalue weighted by atomic mass is 35.5. The molecule has 4 aromatic rings. The van der Waals surface area contributed by atoms with Crippen molar-refractivity contribution in [2.24, 2.45) is 23.7 Å². The number of nitrogens with two attached hydrogens (primary N) is 2. The number of carboxylic acid groups (broad SMARTS) is 1. The number of benzene rings is 1. The molecule has 0 amide bonds. The molecular weight excluding hydrogens is 474 g/mol. The molecule has 35 heavy (non-hydrogen) atoms. The number of hydrazone groups is 1. The molecule has 13 heteroatoms. The molecule has 0 spiro atoms. The summed E-state index contributed by atoms with van der Waals surface area (Å²) in [4.78, 5) is 33.3. The summed E-state index contributed by atoms with van der Waals surface area (Å²) in [6, 6.07) is 6.63. The van der Waals surface area contributed by atoms with Gasteiger partial charge in [-0.05, 0) is 43.2 Å². The number of carbonyl (C=O) groups is 1. The molecule has 182 valence electrons. The fraction of sp³-hybridized carbons (Fsp3) is 0.227. The van der Waals surface area contributed by atoms with Gasteiger partial charge in [-0.15, -0.1) is 5.10 Å². The van der Waals surface area contributed by atoms with Crippen molar-refractivity contribution in [2.45, 2.75) is 19.9 Å². The fourth-order valence-corrected chi connectivity index (χ4v) is 4.25. The number of anilines is 1. The Bertz CT molecular complexity index is 1570. The largest absolute Gasteiger partial charge is 0.476 e. The van der Waals surface area contributed by atoms with Crippen molar-refractivity contribution in [2.75, 3.05) is 12.4 Å². The van der Waals surface area contributed by atoms with Crippen LogP contribution in [0, 0.1) is 6.92 Å². The number of fused-ring (bicyclic) bond motifs is 3. The van der Waals surface area contributed by atoms with Gasteiger partial charge in [0.2, 0.25) is 0 Å². The Balaban J connectivity index is 1.94. The first-order valence-electron chi connectivity index (χ1n) is 10.5. The second kappa shape index (κ2) is 8.89. The van der Waals surface area contributed by atoms with E-state index in [1.807, 2.05) is 19.9 Å². The van der Waals surface area contributed by atoms with Crippen LogP contribution in [0.4, 0.5) is 5.69 Å². The van der Waals surface area contributed by atoms with E-state index in [4.69, 9.17) is 23.2 Å². The molecular formula is C22H24ClN9O3. The lowest BCUT2D eigenvalue weighted by atomic mass is 10.0. The van der Waals surface area contributed by atoms with Gasteiger partial charge in [0.1, 0.15) is 17.2 Å². The summed E-state index contributed by atoms with van der Waals surface area (Å²) < 4.78 is 2.91. The van der Waals surface area contributed by atoms with Gasteiger partial charge in [0, 0.05) is 14.1 Å². The number of hydrogen-bond acceptors (Lipinski definition) is 8. The SMILES string of the molecule is Cc1cc(C(C)Nc2ccc(Cl)nc2/C(N)=N/N(C)N)c2c(c1)c(=O)n(C)c1c(C(=O)O)ncn21. The van der Waals surface area contributed by atoms with E-state index >= 15 is 0 Å². The van der Waals surface area contributed by atoms with Gasteiger partial charge >= 0.3 is 5.97 Å². The predicted molar refractivity (Wildman–Crippen MR) is 134 cm³/mol. The molecule has 0 radical (unpaired) electrons. The van der Waals surface area contributed by atoms with Crippen LogP contribution in [0.3, 0.4) is 0 Å². The second-order valence-electron chi connectivity index (χ2n) is 8.16. The number of imidazole rings is 1. The lowest BCUT2D eigenvalue weighted by Crippen LogP contribution is -2.27. The van der Waals surface area contributed by atoms with Gasteiger partial charge in [-0.25, -0.2) is 25.7 Å². The van der Waals surface area contributed by atoms with Crippen LogP contribution >= 0.6 is 11.6 Å². The molecule has 1 aromatic carbocycles. The topological polar surface area (TPSA) is 169 Å². The number of nitrogens with zero attached hydrogens (tertiary/aromatic N) is 6. The lowest BCUT2D eigenvalue weighted by Gasteiger charge is -2.21. The van der Waals surface area contributed by atoms with Crippen molar-refractivity contribution in [3.63, 3.8) is 0 Å². The molecule has 0 aliphatic carbocycles. The van der Waals surface area contributed by atoms with E-state index in [0.717, 1.165) is 16.2 Å². The fourth-order valence-electron chi connectivity index (χ4n) is 4.10. The highest BCUT2D eigenvalue weighted by Crippen LogP contribution is 2.30. The number of aryl methyl sites for hydroxylation is 2. The van der Waals surface area contributed by atoms with Gasteiger partial charge in [-0.2, -0.15) is 0 Å². The molecule has 4 rings (SSSR count). The van der Waals surface area contributed by atoms with Gasteiger partial charge in [0.15, 0.2) is 17.2 Å². The average molecular weight is 498 g/mol. The predicted octanol–water partition coefficient (Wildman–Crippen LogP) is 1.84. The van der Waals surface area contributed by atoms with Crippen LogP contribution in [-0.2, 0) is 7.05 Å². The van der Waals surface area contributed by atoms with Crippen molar-refractivity contribution in [3.8, 4) is 0 Å². The van der Waals surface area contributed by atoms with Crippen LogP contribution in [-0.4, -0.2) is 48.0 Å². The third-order valence-electron chi connectivity index (χ3n) is 5.53. The van der Waals surface area contributed by atoms with Crippen molar-refractivity contribution in [1.82, 2.24) is 24.1 Å². The summed E-state index contributed by atoms with van der Waals surface area (Å²) in [7, 11) is 3.05. The van der Waals surface area contributed by atoms with Gasteiger partial charge in [-0.1, -0.05) is 17.7 Å². The van der Waals surface area contributed by atoms with Gasteiger partial charge < -0.3 is 16.2 Å². The quantitative estimate of drug-likeness (QED) is 0.102. The van der Waals surface area contributed by atoms with E-state index in [9.17, 15) is 14.7 Å². The molecule has 3 aromatic heterocycles. The number of hydrogen-bond donors (Lipinski definition) is 4. The molecule has 0 saturated heterocycles. The third kappa shape index (κ3) is 4.24. The van der Waals surface area contributed by atoms with Crippen LogP contribution in [0.2, 0.25) is 5.15 Å². The Hall–Kier alpha value is -4.16. The standard InChI is InChI=1S/C22H24ClN9O3/c1-10-7-12(11(2)27-14-5-6-15(23)28-16(14)19(24)29-31(4)25)18-13(8-10)21(33)30(3)20-17(22(34)35)26-9-32(18)20/h5-9,11,27H,25H2,1-4H3,(H2,24,29)(H,34,35). The lowest BCUT2D eigenvalue weighted by molar-refractivity contribution is 0.0692. The molecule has 1 atom stereocenters. The summed E-state index contributed by atoms with van der Waals surface area (Å²) in [6.07, 6.45) is 1.41. The smallest absolute Gasteiger partial charge is 0.358 e. The van der Waals surface area contributed by atoms with Crippen LogP contribution in [0.15, 0.2) is 40.5 Å². The molecule has 0 bridgehead atoms. The van der Waals surface area contributed by atoms with E-state index in [0.29, 0.717) is 22.3 Å². The maximum absolute atomic E-state index is 13.2. The normalized spacial score (nSPS) is 12.8. The minimum absolute atomic E-state index is 0.0540. The number of carboxylic acids is 1. The molecule has 3 heterocycles. The van der Waals surface area contributed by atoms with E-state index in [1.54, 1.807) is 22.6 Å². The van der Waals surface area contributed by atoms with E-state index < -0.39 is 5.97 Å². The van der Waals surface area contributed by atoms with Crippen molar-refractivity contribution < 1.29 is 9.90 Å². The summed E-state index contributed by atoms with van der Waals surface area (Å²) >= 11 is 6.09. The minimum Gasteiger partial charge on any atom is -0.476 e. The monoisotopic (exact) mass is 497 g/mol. The van der Waals surface area contributed by atoms with Gasteiger partial charge in [0.25, 0.3) is 5.56 Å². The maximum atomic E-state index is 13.2. The summed E-state index contributed by atoms with van der Waals surface area (Å²) in [5.74, 6) is 4.43. The number of amidine groups is 1. The Morgan fingerprint density at radius 2 is 2.03 bits per heavy atom. The van der Waals surface area contributed by atoms with E-state index in [2.05, 4.69) is 20.4 Å². The number of pyridine rings is 1. The summed E-state index contributed by atoms with van der Waals surface area (Å²) in [6.45, 7) is 3.78. The molecule has 12 nitrogen and oxygen atoms in total. The Morgan fingerprint density at radius 3 is 2.69 bits per heavy atom. The van der Waals surface area contributed by atoms with Crippen LogP contribution in [0.5, 0.6) is 0 Å². The number of halogens is 1. The first kappa shape index (κ1) is 24.0. The first-order chi connectivity index (χ1) is 16.5. The average Bonchev–Trinajstić information content (AvgIpc) is 3.23. The van der Waals surface area contributed by atoms with Crippen LogP contribution in [0.25, 0.3) is 16.6 Å². The van der Waals surface area contributed by atoms with Gasteiger partial charge in [-0.3, -0.25) is 13.8 Å². The molecule has 0 fully saturated rings. The van der Waals surface area contributed by atoms with Crippen molar-refractivity contribution >= 4 is 45.6 Å². The summed E-state index contributed by atoms with van der Waals surface area (Å²) in [5, 5.41) is 18.7. The summed E-state index contributed by atoms with van der Waals surface area (Å²) in [5.41, 5.74) is 8.72. The van der Waals surface area contributed by atoms with Crippen molar-refractivity contribution in [3.05, 3.63) is 68.6 Å². The van der Waals surface area contributed by atoms with E-state index in [-0.39, 0.29) is 33.9 Å². The zero-order valence-corrected chi connectivity index (χ0v) is 20.2.